The van der Waals surface area contributed by atoms with Crippen LogP contribution in [-0.4, -0.2) is 26.8 Å². The van der Waals surface area contributed by atoms with Crippen molar-refractivity contribution in [2.24, 2.45) is 0 Å². The lowest BCUT2D eigenvalue weighted by Gasteiger charge is -2.09. The van der Waals surface area contributed by atoms with Gasteiger partial charge in [0.15, 0.2) is 0 Å². The van der Waals surface area contributed by atoms with E-state index >= 15 is 0 Å². The first-order valence-electron chi connectivity index (χ1n) is 9.14. The predicted molar refractivity (Wildman–Crippen MR) is 97.5 cm³/mol. The second kappa shape index (κ2) is 8.45. The fraction of sp³-hybridized carbons (Fsp3) is 0.421. The van der Waals surface area contributed by atoms with Gasteiger partial charge in [0, 0.05) is 32.1 Å². The van der Waals surface area contributed by atoms with Crippen molar-refractivity contribution in [1.29, 1.82) is 0 Å². The molecule has 0 radical (unpaired) electrons. The lowest BCUT2D eigenvalue weighted by Crippen LogP contribution is -2.28. The monoisotopic (exact) mass is 394 g/mol. The van der Waals surface area contributed by atoms with Crippen LogP contribution in [0.2, 0.25) is 0 Å². The lowest BCUT2D eigenvalue weighted by molar-refractivity contribution is -0.137. The molecule has 1 N–H and O–H groups in total. The van der Waals surface area contributed by atoms with E-state index < -0.39 is 17.6 Å². The Hall–Kier alpha value is -2.84. The largest absolute Gasteiger partial charge is 0.416 e. The van der Waals surface area contributed by atoms with Gasteiger partial charge < -0.3 is 5.32 Å². The van der Waals surface area contributed by atoms with E-state index in [0.717, 1.165) is 37.2 Å². The zero-order chi connectivity index (χ0) is 20.1. The maximum Gasteiger partial charge on any atom is 0.416 e. The van der Waals surface area contributed by atoms with E-state index in [1.807, 2.05) is 0 Å². The third-order valence-corrected chi connectivity index (χ3v) is 4.52. The molecule has 3 rings (SSSR count). The normalized spacial score (nSPS) is 14.2. The van der Waals surface area contributed by atoms with E-state index in [9.17, 15) is 22.8 Å². The van der Waals surface area contributed by atoms with Crippen molar-refractivity contribution < 1.29 is 18.0 Å². The second-order valence-electron chi connectivity index (χ2n) is 6.63. The number of amides is 1. The summed E-state index contributed by atoms with van der Waals surface area (Å²) in [6.07, 6.45) is 1.45. The van der Waals surface area contributed by atoms with Gasteiger partial charge in [-0.25, -0.2) is 9.48 Å². The minimum Gasteiger partial charge on any atom is -0.352 e. The molecule has 9 heteroatoms. The van der Waals surface area contributed by atoms with Crippen LogP contribution in [0, 0.1) is 0 Å². The van der Waals surface area contributed by atoms with Gasteiger partial charge in [0.05, 0.1) is 5.56 Å². The van der Waals surface area contributed by atoms with E-state index in [1.165, 1.54) is 29.0 Å². The molecule has 6 nitrogen and oxygen atoms in total. The maximum absolute atomic E-state index is 12.7. The number of hydrogen-bond acceptors (Lipinski definition) is 3. The average Bonchev–Trinajstić information content (AvgIpc) is 2.99. The molecule has 0 atom stereocenters. The number of halogens is 3. The number of carbonyl (C=O) groups is 1. The smallest absolute Gasteiger partial charge is 0.352 e. The van der Waals surface area contributed by atoms with Crippen molar-refractivity contribution in [3.63, 3.8) is 0 Å². The highest BCUT2D eigenvalue weighted by Crippen LogP contribution is 2.29. The molecule has 0 fully saturated rings. The Morgan fingerprint density at radius 3 is 2.86 bits per heavy atom. The van der Waals surface area contributed by atoms with Crippen LogP contribution >= 0.6 is 0 Å². The number of carbonyl (C=O) groups excluding carboxylic acids is 1. The molecule has 2 heterocycles. The lowest BCUT2D eigenvalue weighted by atomic mass is 10.1. The Balaban J connectivity index is 1.47. The summed E-state index contributed by atoms with van der Waals surface area (Å²) in [5, 5.41) is 6.97. The Morgan fingerprint density at radius 1 is 1.29 bits per heavy atom. The first kappa shape index (κ1) is 19.9. The highest BCUT2D eigenvalue weighted by atomic mass is 19.4. The zero-order valence-electron chi connectivity index (χ0n) is 15.2. The molecule has 2 aromatic rings. The predicted octanol–water partition coefficient (Wildman–Crippen LogP) is 2.62. The number of aryl methyl sites for hydroxylation is 2. The van der Waals surface area contributed by atoms with Crippen molar-refractivity contribution in [2.75, 3.05) is 6.54 Å². The number of alkyl halides is 3. The molecule has 1 aromatic heterocycles. The molecule has 150 valence electrons. The fourth-order valence-corrected chi connectivity index (χ4v) is 3.08. The SMILES string of the molecule is O=C(C=Cc1cccc(C(F)(F)F)c1)NCCCn1nc2n(c1=O)CCCC2. The first-order valence-corrected chi connectivity index (χ1v) is 9.14. The molecule has 1 aliphatic rings. The average molecular weight is 394 g/mol. The third kappa shape index (κ3) is 4.90. The van der Waals surface area contributed by atoms with Crippen molar-refractivity contribution in [3.8, 4) is 0 Å². The summed E-state index contributed by atoms with van der Waals surface area (Å²) in [5.74, 6) is 0.401. The molecule has 0 unspecified atom stereocenters. The summed E-state index contributed by atoms with van der Waals surface area (Å²) in [5.41, 5.74) is -0.589. The van der Waals surface area contributed by atoms with E-state index in [1.54, 1.807) is 4.57 Å². The number of fused-ring (bicyclic) bond motifs is 1. The summed E-state index contributed by atoms with van der Waals surface area (Å²) in [6.45, 7) is 1.43. The van der Waals surface area contributed by atoms with E-state index in [2.05, 4.69) is 10.4 Å². The van der Waals surface area contributed by atoms with E-state index in [0.29, 0.717) is 31.6 Å². The summed E-state index contributed by atoms with van der Waals surface area (Å²) in [7, 11) is 0. The van der Waals surface area contributed by atoms with Crippen LogP contribution in [0.3, 0.4) is 0 Å². The third-order valence-electron chi connectivity index (χ3n) is 4.52. The zero-order valence-corrected chi connectivity index (χ0v) is 15.2. The number of nitrogens with zero attached hydrogens (tertiary/aromatic N) is 3. The summed E-state index contributed by atoms with van der Waals surface area (Å²) in [4.78, 5) is 24.0. The van der Waals surface area contributed by atoms with Gasteiger partial charge >= 0.3 is 11.9 Å². The highest BCUT2D eigenvalue weighted by Gasteiger charge is 2.30. The van der Waals surface area contributed by atoms with Crippen molar-refractivity contribution in [3.05, 3.63) is 57.8 Å². The highest BCUT2D eigenvalue weighted by molar-refractivity contribution is 5.91. The Kier molecular flexibility index (Phi) is 6.01. The maximum atomic E-state index is 12.7. The Morgan fingerprint density at radius 2 is 2.11 bits per heavy atom. The van der Waals surface area contributed by atoms with Gasteiger partial charge in [0.2, 0.25) is 5.91 Å². The molecule has 0 bridgehead atoms. The van der Waals surface area contributed by atoms with Crippen molar-refractivity contribution in [1.82, 2.24) is 19.7 Å². The van der Waals surface area contributed by atoms with Gasteiger partial charge in [-0.15, -0.1) is 0 Å². The minimum absolute atomic E-state index is 0.120. The topological polar surface area (TPSA) is 68.9 Å². The van der Waals surface area contributed by atoms with Crippen molar-refractivity contribution >= 4 is 12.0 Å². The number of nitrogens with one attached hydrogen (secondary N) is 1. The van der Waals surface area contributed by atoms with Crippen LogP contribution in [0.1, 0.15) is 36.2 Å². The molecule has 0 saturated heterocycles. The van der Waals surface area contributed by atoms with Gasteiger partial charge in [0.1, 0.15) is 5.82 Å². The summed E-state index contributed by atoms with van der Waals surface area (Å²) < 4.78 is 41.2. The van der Waals surface area contributed by atoms with Crippen LogP contribution in [0.4, 0.5) is 13.2 Å². The summed E-state index contributed by atoms with van der Waals surface area (Å²) >= 11 is 0. The standard InChI is InChI=1S/C19H21F3N4O2/c20-19(21,22)15-6-3-5-14(13-15)8-9-17(27)23-10-4-12-26-18(28)25-11-2-1-7-16(25)24-26/h3,5-6,8-9,13H,1-2,4,7,10-12H2,(H,23,27). The second-order valence-corrected chi connectivity index (χ2v) is 6.63. The fourth-order valence-electron chi connectivity index (χ4n) is 3.08. The Bertz CT molecular complexity index is 928. The van der Waals surface area contributed by atoms with Gasteiger partial charge in [-0.3, -0.25) is 9.36 Å². The van der Waals surface area contributed by atoms with Crippen molar-refractivity contribution in [2.45, 2.75) is 44.9 Å². The molecule has 1 aromatic carbocycles. The number of rotatable bonds is 6. The van der Waals surface area contributed by atoms with Crippen LogP contribution in [0.5, 0.6) is 0 Å². The van der Waals surface area contributed by atoms with E-state index in [-0.39, 0.29) is 5.69 Å². The Labute approximate surface area is 159 Å². The van der Waals surface area contributed by atoms with Gasteiger partial charge in [-0.05, 0) is 43.0 Å². The molecule has 1 amide bonds. The summed E-state index contributed by atoms with van der Waals surface area (Å²) in [6, 6.07) is 4.75. The van der Waals surface area contributed by atoms with Crippen LogP contribution < -0.4 is 11.0 Å². The molecular weight excluding hydrogens is 373 g/mol. The quantitative estimate of drug-likeness (QED) is 0.605. The number of benzene rings is 1. The van der Waals surface area contributed by atoms with Crippen LogP contribution in [0.15, 0.2) is 35.1 Å². The number of aromatic nitrogens is 3. The molecule has 0 spiro atoms. The van der Waals surface area contributed by atoms with Gasteiger partial charge in [-0.1, -0.05) is 12.1 Å². The molecule has 28 heavy (non-hydrogen) atoms. The first-order chi connectivity index (χ1) is 13.3. The molecule has 0 aliphatic carbocycles. The van der Waals surface area contributed by atoms with Gasteiger partial charge in [0.25, 0.3) is 0 Å². The molecular formula is C19H21F3N4O2. The molecule has 1 aliphatic heterocycles. The van der Waals surface area contributed by atoms with Gasteiger partial charge in [-0.2, -0.15) is 18.3 Å². The molecule has 0 saturated carbocycles. The van der Waals surface area contributed by atoms with Crippen LogP contribution in [0.25, 0.3) is 6.08 Å². The minimum atomic E-state index is -4.42. The van der Waals surface area contributed by atoms with Crippen LogP contribution in [-0.2, 0) is 30.5 Å². The number of hydrogen-bond donors (Lipinski definition) is 1. The van der Waals surface area contributed by atoms with E-state index in [4.69, 9.17) is 0 Å².